The lowest BCUT2D eigenvalue weighted by atomic mass is 9.82. The number of ketones is 1. The van der Waals surface area contributed by atoms with Crippen molar-refractivity contribution in [1.29, 1.82) is 0 Å². The first-order chi connectivity index (χ1) is 39.4. The lowest BCUT2D eigenvalue weighted by molar-refractivity contribution is -0.309. The SMILES string of the molecule is C[C@@H]1[C@H](O)[C@@H](C)/C=C/C=C/C=C/C=C/C=C/C=C/C=C[C@H](O[C@@H]2O[C@H](C)[C@@H](O)[C@H](NCC(=O)[C@@H](O)[C@@H]3OC(c4ccccc4)OC[C@H]3O)[C@@H]2O)C[C@@H]2O[C@](O)(C[C@@H](O)C[C@@H](O)[C@H](O)CC[C@@H](O)C[C@@H](O)CC(=O)O[C@H]1C)C[C@H](O)[C@H]2C(=O)O. The summed E-state index contributed by atoms with van der Waals surface area (Å²) < 4.78 is 35.0. The largest absolute Gasteiger partial charge is 0.481 e. The number of fused-ring (bicyclic) bond motifs is 2. The number of aliphatic hydroxyl groups is 12. The third-order valence-corrected chi connectivity index (χ3v) is 15.3. The van der Waals surface area contributed by atoms with E-state index in [0.717, 1.165) is 0 Å². The zero-order valence-electron chi connectivity index (χ0n) is 47.2. The summed E-state index contributed by atoms with van der Waals surface area (Å²) in [5, 5.41) is 146. The van der Waals surface area contributed by atoms with E-state index in [2.05, 4.69) is 5.32 Å². The van der Waals surface area contributed by atoms with Gasteiger partial charge in [0.25, 0.3) is 0 Å². The van der Waals surface area contributed by atoms with Crippen molar-refractivity contribution in [3.63, 3.8) is 0 Å². The first kappa shape index (κ1) is 69.1. The molecular weight excluding hydrogens is 1090 g/mol. The van der Waals surface area contributed by atoms with Gasteiger partial charge in [-0.1, -0.05) is 129 Å². The molecule has 23 atom stereocenters. The number of ether oxygens (including phenoxy) is 6. The van der Waals surface area contributed by atoms with Crippen LogP contribution in [0.5, 0.6) is 0 Å². The van der Waals surface area contributed by atoms with Crippen LogP contribution in [0, 0.1) is 17.8 Å². The van der Waals surface area contributed by atoms with Crippen molar-refractivity contribution >= 4 is 17.7 Å². The zero-order valence-corrected chi connectivity index (χ0v) is 47.2. The molecule has 0 aliphatic carbocycles. The minimum atomic E-state index is -2.42. The summed E-state index contributed by atoms with van der Waals surface area (Å²) in [7, 11) is 0. The van der Waals surface area contributed by atoms with Gasteiger partial charge in [0, 0.05) is 43.1 Å². The lowest BCUT2D eigenvalue weighted by Crippen LogP contribution is -2.64. The number of benzene rings is 1. The summed E-state index contributed by atoms with van der Waals surface area (Å²) in [4.78, 5) is 38.9. The number of carboxylic acids is 1. The van der Waals surface area contributed by atoms with Crippen LogP contribution in [0.1, 0.15) is 90.9 Å². The van der Waals surface area contributed by atoms with Crippen LogP contribution in [0.25, 0.3) is 0 Å². The van der Waals surface area contributed by atoms with Gasteiger partial charge in [-0.15, -0.1) is 0 Å². The first-order valence-corrected chi connectivity index (χ1v) is 28.3. The Morgan fingerprint density at radius 2 is 1.29 bits per heavy atom. The highest BCUT2D eigenvalue weighted by Gasteiger charge is 2.51. The predicted molar refractivity (Wildman–Crippen MR) is 298 cm³/mol. The van der Waals surface area contributed by atoms with E-state index in [4.69, 9.17) is 28.4 Å². The van der Waals surface area contributed by atoms with Gasteiger partial charge >= 0.3 is 11.9 Å². The van der Waals surface area contributed by atoms with Crippen LogP contribution >= 0.6 is 0 Å². The Bertz CT molecular complexity index is 2360. The number of carbonyl (C=O) groups excluding carboxylic acids is 2. The van der Waals surface area contributed by atoms with E-state index < -0.39 is 190 Å². The molecule has 1 unspecified atom stereocenters. The van der Waals surface area contributed by atoms with E-state index in [-0.39, 0.29) is 31.8 Å². The fourth-order valence-corrected chi connectivity index (χ4v) is 10.3. The zero-order chi connectivity index (χ0) is 61.0. The van der Waals surface area contributed by atoms with Crippen LogP contribution in [0.2, 0.25) is 0 Å². The third-order valence-electron chi connectivity index (χ3n) is 15.3. The molecule has 4 aliphatic heterocycles. The quantitative estimate of drug-likeness (QED) is 0.152. The summed E-state index contributed by atoms with van der Waals surface area (Å²) in [6, 6.07) is 7.32. The number of aliphatic carboxylic acids is 1. The average Bonchev–Trinajstić information content (AvgIpc) is 3.55. The molecule has 23 nitrogen and oxygen atoms in total. The number of rotatable bonds is 9. The van der Waals surface area contributed by atoms with Gasteiger partial charge in [0.05, 0.1) is 92.8 Å². The van der Waals surface area contributed by atoms with Crippen LogP contribution in [0.4, 0.5) is 0 Å². The standard InChI is InChI=1S/C60H87NO22/c1-34-20-16-13-11-9-7-5-6-8-10-12-14-19-23-42(81-59-55(74)51(53(72)37(4)80-59)61-32-46(68)54(73)56-47(69)33-78-58(82-56)38-21-17-15-18-22-38)29-48-50(57(75)76)45(67)31-60(77,83-48)30-41(64)27-44(66)43(65)25-24-39(62)26-40(63)28-49(70)79-36(3)35(2)52(34)71/h5-23,34-37,39-45,47-48,50-56,58-59,61-67,69,71-74,77H,24-33H2,1-4H3,(H,75,76)/b6-5+,9-7+,10-8+,13-11+,14-12+,20-16+,23-19?/t34-,35-,36-,37+,39+,40+,41-,42-,43+,44+,45-,47+,48-,50+,51-,52+,53+,54+,55-,56+,58?,59-,60+/m0/s1. The van der Waals surface area contributed by atoms with E-state index in [1.54, 1.807) is 117 Å². The second kappa shape index (κ2) is 33.8. The minimum absolute atomic E-state index is 0.145. The van der Waals surface area contributed by atoms with E-state index >= 15 is 0 Å². The number of hydrogen-bond acceptors (Lipinski definition) is 22. The van der Waals surface area contributed by atoms with Gasteiger partial charge < -0.3 is 100 Å². The predicted octanol–water partition coefficient (Wildman–Crippen LogP) is 0.748. The number of aliphatic hydroxyl groups excluding tert-OH is 11. The van der Waals surface area contributed by atoms with Crippen molar-refractivity contribution in [2.24, 2.45) is 17.8 Å². The number of hydrogen-bond donors (Lipinski definition) is 14. The number of cyclic esters (lactones) is 1. The Kier molecular flexibility index (Phi) is 28.2. The van der Waals surface area contributed by atoms with Crippen LogP contribution in [0.3, 0.4) is 0 Å². The molecule has 0 amide bonds. The highest BCUT2D eigenvalue weighted by atomic mass is 16.7. The molecule has 2 bridgehead atoms. The maximum atomic E-state index is 13.4. The fourth-order valence-electron chi connectivity index (χ4n) is 10.3. The molecule has 1 aromatic carbocycles. The fraction of sp³-hybridized carbons (Fsp3) is 0.617. The maximum absolute atomic E-state index is 13.4. The van der Waals surface area contributed by atoms with Crippen molar-refractivity contribution < 1.29 is 109 Å². The normalized spacial score (nSPS) is 41.9. The number of Topliss-reactive ketones (excluding diaryl/α,β-unsaturated/α-hetero) is 1. The number of nitrogens with one attached hydrogen (secondary N) is 1. The molecular formula is C60H87NO22. The van der Waals surface area contributed by atoms with Gasteiger partial charge in [-0.05, 0) is 33.1 Å². The van der Waals surface area contributed by atoms with E-state index in [1.165, 1.54) is 19.1 Å². The van der Waals surface area contributed by atoms with E-state index in [9.17, 15) is 80.8 Å². The Balaban J connectivity index is 1.35. The summed E-state index contributed by atoms with van der Waals surface area (Å²) >= 11 is 0. The van der Waals surface area contributed by atoms with Gasteiger partial charge in [0.2, 0.25) is 0 Å². The molecule has 23 heteroatoms. The Morgan fingerprint density at radius 3 is 1.92 bits per heavy atom. The average molecular weight is 1170 g/mol. The van der Waals surface area contributed by atoms with Gasteiger partial charge in [-0.3, -0.25) is 14.4 Å². The molecule has 4 heterocycles. The molecule has 0 aromatic heterocycles. The number of allylic oxidation sites excluding steroid dienone is 12. The Morgan fingerprint density at radius 1 is 0.675 bits per heavy atom. The van der Waals surface area contributed by atoms with Gasteiger partial charge in [-0.25, -0.2) is 0 Å². The van der Waals surface area contributed by atoms with Crippen molar-refractivity contribution in [3.8, 4) is 0 Å². The third kappa shape index (κ3) is 21.6. The van der Waals surface area contributed by atoms with Crippen molar-refractivity contribution in [1.82, 2.24) is 5.32 Å². The molecule has 0 saturated carbocycles. The Hall–Kier alpha value is -4.71. The monoisotopic (exact) mass is 1170 g/mol. The molecule has 464 valence electrons. The highest BCUT2D eigenvalue weighted by molar-refractivity contribution is 5.85. The molecule has 83 heavy (non-hydrogen) atoms. The van der Waals surface area contributed by atoms with Crippen LogP contribution in [-0.2, 0) is 42.8 Å². The van der Waals surface area contributed by atoms with Crippen LogP contribution in [-0.4, -0.2) is 213 Å². The molecule has 3 saturated heterocycles. The Labute approximate surface area is 483 Å². The smallest absolute Gasteiger partial charge is 0.311 e. The summed E-state index contributed by atoms with van der Waals surface area (Å²) in [6.07, 6.45) is -4.73. The molecule has 14 N–H and O–H groups in total. The molecule has 0 radical (unpaired) electrons. The van der Waals surface area contributed by atoms with E-state index in [0.29, 0.717) is 5.56 Å². The molecule has 5 rings (SSSR count). The van der Waals surface area contributed by atoms with Crippen LogP contribution < -0.4 is 5.32 Å². The van der Waals surface area contributed by atoms with Gasteiger partial charge in [0.15, 0.2) is 24.2 Å². The molecule has 0 spiro atoms. The first-order valence-electron chi connectivity index (χ1n) is 28.3. The van der Waals surface area contributed by atoms with Crippen molar-refractivity contribution in [3.05, 3.63) is 121 Å². The molecule has 1 aromatic rings. The second-order valence-corrected chi connectivity index (χ2v) is 22.1. The van der Waals surface area contributed by atoms with Gasteiger partial charge in [0.1, 0.15) is 36.4 Å². The second-order valence-electron chi connectivity index (χ2n) is 22.1. The van der Waals surface area contributed by atoms with Crippen molar-refractivity contribution in [2.75, 3.05) is 13.2 Å². The number of carboxylic acid groups (broad SMARTS) is 1. The lowest BCUT2D eigenvalue weighted by Gasteiger charge is -2.45. The number of esters is 1. The summed E-state index contributed by atoms with van der Waals surface area (Å²) in [5.74, 6) is -8.04. The minimum Gasteiger partial charge on any atom is -0.481 e. The van der Waals surface area contributed by atoms with E-state index in [1.807, 2.05) is 6.92 Å². The highest BCUT2D eigenvalue weighted by Crippen LogP contribution is 2.38. The molecule has 4 aliphatic rings. The van der Waals surface area contributed by atoms with Crippen LogP contribution in [0.15, 0.2) is 115 Å². The molecule has 3 fully saturated rings. The van der Waals surface area contributed by atoms with Gasteiger partial charge in [-0.2, -0.15) is 0 Å². The maximum Gasteiger partial charge on any atom is 0.311 e. The number of carbonyl (C=O) groups is 3. The topological polar surface area (TPSA) is 382 Å². The summed E-state index contributed by atoms with van der Waals surface area (Å²) in [5.41, 5.74) is 0.582. The summed E-state index contributed by atoms with van der Waals surface area (Å²) in [6.45, 7) is 5.75. The van der Waals surface area contributed by atoms with Crippen molar-refractivity contribution in [2.45, 2.75) is 201 Å².